The van der Waals surface area contributed by atoms with Crippen LogP contribution in [-0.2, 0) is 0 Å². The molecule has 4 N–H and O–H groups in total. The molecule has 0 radical (unpaired) electrons. The van der Waals surface area contributed by atoms with Crippen LogP contribution in [0.4, 0.5) is 0 Å². The highest BCUT2D eigenvalue weighted by atomic mass is 14.7. The van der Waals surface area contributed by atoms with E-state index in [1.54, 1.807) is 0 Å². The molecule has 1 aliphatic rings. The zero-order valence-electron chi connectivity index (χ0n) is 12.5. The van der Waals surface area contributed by atoms with Gasteiger partial charge in [0.05, 0.1) is 0 Å². The van der Waals surface area contributed by atoms with Gasteiger partial charge in [0.15, 0.2) is 0 Å². The van der Waals surface area contributed by atoms with E-state index in [-0.39, 0.29) is 6.04 Å². The molecule has 0 amide bonds. The molecule has 0 aromatic heterocycles. The summed E-state index contributed by atoms with van der Waals surface area (Å²) in [4.78, 5) is 0. The largest absolute Gasteiger partial charge is 0.328 e. The lowest BCUT2D eigenvalue weighted by molar-refractivity contribution is 0.284. The molecule has 1 aliphatic carbocycles. The van der Waals surface area contributed by atoms with Gasteiger partial charge in [-0.05, 0) is 61.1 Å². The molecular weight excluding hydrogens is 232 g/mol. The van der Waals surface area contributed by atoms with Crippen LogP contribution in [0.3, 0.4) is 0 Å². The smallest absolute Gasteiger partial charge is 0.0326 e. The number of benzene rings is 1. The minimum atomic E-state index is 0.172. The molecule has 2 heteroatoms. The highest BCUT2D eigenvalue weighted by molar-refractivity contribution is 5.35. The van der Waals surface area contributed by atoms with Crippen molar-refractivity contribution in [2.24, 2.45) is 17.4 Å². The molecule has 1 saturated carbocycles. The van der Waals surface area contributed by atoms with E-state index in [2.05, 4.69) is 39.0 Å². The fraction of sp³-hybridized carbons (Fsp3) is 0.647. The van der Waals surface area contributed by atoms with Crippen LogP contribution in [0.15, 0.2) is 18.2 Å². The second-order valence-corrected chi connectivity index (χ2v) is 6.47. The van der Waals surface area contributed by atoms with Crippen molar-refractivity contribution in [3.05, 3.63) is 34.9 Å². The van der Waals surface area contributed by atoms with Gasteiger partial charge in [0, 0.05) is 12.1 Å². The summed E-state index contributed by atoms with van der Waals surface area (Å²) in [6, 6.07) is 7.34. The Labute approximate surface area is 117 Å². The first-order valence-electron chi connectivity index (χ1n) is 7.60. The van der Waals surface area contributed by atoms with Crippen molar-refractivity contribution >= 4 is 0 Å². The van der Waals surface area contributed by atoms with Crippen LogP contribution in [0.2, 0.25) is 0 Å². The number of aryl methyl sites for hydroxylation is 1. The Morgan fingerprint density at radius 1 is 1.11 bits per heavy atom. The molecule has 1 unspecified atom stereocenters. The van der Waals surface area contributed by atoms with E-state index in [9.17, 15) is 0 Å². The molecule has 1 aromatic rings. The van der Waals surface area contributed by atoms with Crippen molar-refractivity contribution in [2.45, 2.75) is 64.5 Å². The summed E-state index contributed by atoms with van der Waals surface area (Å²) < 4.78 is 0. The molecule has 2 nitrogen and oxygen atoms in total. The van der Waals surface area contributed by atoms with Crippen molar-refractivity contribution in [3.63, 3.8) is 0 Å². The summed E-state index contributed by atoms with van der Waals surface area (Å²) in [6.07, 6.45) is 4.60. The predicted molar refractivity (Wildman–Crippen MR) is 82.1 cm³/mol. The Morgan fingerprint density at radius 3 is 2.32 bits per heavy atom. The summed E-state index contributed by atoms with van der Waals surface area (Å²) in [5.41, 5.74) is 16.6. The van der Waals surface area contributed by atoms with Crippen molar-refractivity contribution in [1.29, 1.82) is 0 Å². The molecule has 19 heavy (non-hydrogen) atoms. The second kappa shape index (κ2) is 6.06. The lowest BCUT2D eigenvalue weighted by Gasteiger charge is -2.31. The summed E-state index contributed by atoms with van der Waals surface area (Å²) in [5.74, 6) is 1.16. The minimum absolute atomic E-state index is 0.172. The Kier molecular flexibility index (Phi) is 4.64. The van der Waals surface area contributed by atoms with Crippen molar-refractivity contribution in [3.8, 4) is 0 Å². The number of nitrogens with two attached hydrogens (primary N) is 2. The molecule has 0 heterocycles. The SMILES string of the molecule is Cc1ccc(C(C)C)cc1C(N)C1CCC(N)CC1. The van der Waals surface area contributed by atoms with Crippen LogP contribution >= 0.6 is 0 Å². The summed E-state index contributed by atoms with van der Waals surface area (Å²) in [7, 11) is 0. The Balaban J connectivity index is 2.18. The lowest BCUT2D eigenvalue weighted by Crippen LogP contribution is -2.32. The molecule has 0 aliphatic heterocycles. The van der Waals surface area contributed by atoms with E-state index in [1.165, 1.54) is 29.5 Å². The fourth-order valence-corrected chi connectivity index (χ4v) is 3.14. The van der Waals surface area contributed by atoms with Crippen molar-refractivity contribution in [1.82, 2.24) is 0 Å². The zero-order valence-corrected chi connectivity index (χ0v) is 12.5. The van der Waals surface area contributed by atoms with Crippen LogP contribution < -0.4 is 11.5 Å². The number of hydrogen-bond acceptors (Lipinski definition) is 2. The Bertz CT molecular complexity index is 417. The summed E-state index contributed by atoms with van der Waals surface area (Å²) in [5, 5.41) is 0. The maximum atomic E-state index is 6.54. The van der Waals surface area contributed by atoms with Gasteiger partial charge in [-0.25, -0.2) is 0 Å². The average Bonchev–Trinajstić information content (AvgIpc) is 2.39. The van der Waals surface area contributed by atoms with Crippen molar-refractivity contribution in [2.75, 3.05) is 0 Å². The Morgan fingerprint density at radius 2 is 1.74 bits per heavy atom. The number of rotatable bonds is 3. The first kappa shape index (κ1) is 14.5. The first-order valence-corrected chi connectivity index (χ1v) is 7.60. The van der Waals surface area contributed by atoms with Crippen LogP contribution in [0.5, 0.6) is 0 Å². The van der Waals surface area contributed by atoms with Crippen LogP contribution in [0.25, 0.3) is 0 Å². The minimum Gasteiger partial charge on any atom is -0.328 e. The Hall–Kier alpha value is -0.860. The van der Waals surface area contributed by atoms with Gasteiger partial charge in [-0.2, -0.15) is 0 Å². The van der Waals surface area contributed by atoms with Gasteiger partial charge in [-0.1, -0.05) is 32.0 Å². The monoisotopic (exact) mass is 260 g/mol. The van der Waals surface area contributed by atoms with Gasteiger partial charge < -0.3 is 11.5 Å². The first-order chi connectivity index (χ1) is 8.99. The second-order valence-electron chi connectivity index (χ2n) is 6.47. The molecule has 2 rings (SSSR count). The van der Waals surface area contributed by atoms with E-state index in [1.807, 2.05) is 0 Å². The van der Waals surface area contributed by atoms with Crippen molar-refractivity contribution < 1.29 is 0 Å². The maximum absolute atomic E-state index is 6.54. The molecule has 1 fully saturated rings. The quantitative estimate of drug-likeness (QED) is 0.872. The number of hydrogen-bond donors (Lipinski definition) is 2. The van der Waals surface area contributed by atoms with Gasteiger partial charge in [-0.15, -0.1) is 0 Å². The third-order valence-corrected chi connectivity index (χ3v) is 4.65. The fourth-order valence-electron chi connectivity index (χ4n) is 3.14. The van der Waals surface area contributed by atoms with E-state index in [0.29, 0.717) is 17.9 Å². The van der Waals surface area contributed by atoms with E-state index < -0.39 is 0 Å². The van der Waals surface area contributed by atoms with Crippen LogP contribution in [0.1, 0.15) is 68.2 Å². The van der Waals surface area contributed by atoms with E-state index >= 15 is 0 Å². The molecular formula is C17H28N2. The maximum Gasteiger partial charge on any atom is 0.0326 e. The topological polar surface area (TPSA) is 52.0 Å². The normalized spacial score (nSPS) is 25.6. The average molecular weight is 260 g/mol. The van der Waals surface area contributed by atoms with Gasteiger partial charge >= 0.3 is 0 Å². The highest BCUT2D eigenvalue weighted by Gasteiger charge is 2.25. The lowest BCUT2D eigenvalue weighted by atomic mass is 9.78. The molecule has 0 saturated heterocycles. The van der Waals surface area contributed by atoms with Gasteiger partial charge in [0.1, 0.15) is 0 Å². The zero-order chi connectivity index (χ0) is 14.0. The standard InChI is InChI=1S/C17H28N2/c1-11(2)14-5-4-12(3)16(10-14)17(19)13-6-8-15(18)9-7-13/h4-5,10-11,13,15,17H,6-9,18-19H2,1-3H3. The molecule has 0 bridgehead atoms. The van der Waals surface area contributed by atoms with Gasteiger partial charge in [0.2, 0.25) is 0 Å². The van der Waals surface area contributed by atoms with Gasteiger partial charge in [0.25, 0.3) is 0 Å². The molecule has 1 atom stereocenters. The molecule has 1 aromatic carbocycles. The summed E-state index contributed by atoms with van der Waals surface area (Å²) in [6.45, 7) is 6.65. The predicted octanol–water partition coefficient (Wildman–Crippen LogP) is 3.64. The van der Waals surface area contributed by atoms with Crippen LogP contribution in [-0.4, -0.2) is 6.04 Å². The van der Waals surface area contributed by atoms with Gasteiger partial charge in [-0.3, -0.25) is 0 Å². The van der Waals surface area contributed by atoms with E-state index in [0.717, 1.165) is 12.8 Å². The summed E-state index contributed by atoms with van der Waals surface area (Å²) >= 11 is 0. The molecule has 106 valence electrons. The third kappa shape index (κ3) is 3.37. The molecule has 0 spiro atoms. The third-order valence-electron chi connectivity index (χ3n) is 4.65. The van der Waals surface area contributed by atoms with Crippen LogP contribution in [0, 0.1) is 12.8 Å². The highest BCUT2D eigenvalue weighted by Crippen LogP contribution is 2.34. The van der Waals surface area contributed by atoms with E-state index in [4.69, 9.17) is 11.5 Å².